The van der Waals surface area contributed by atoms with Crippen LogP contribution in [0.4, 0.5) is 34.1 Å². The summed E-state index contributed by atoms with van der Waals surface area (Å²) in [5.41, 5.74) is 29.9. The lowest BCUT2D eigenvalue weighted by Gasteiger charge is -2.34. The summed E-state index contributed by atoms with van der Waals surface area (Å²) in [5, 5.41) is 6.87. The molecule has 0 fully saturated rings. The molecule has 0 aliphatic heterocycles. The van der Waals surface area contributed by atoms with Crippen LogP contribution in [0.15, 0.2) is 381 Å². The fourth-order valence-corrected chi connectivity index (χ4v) is 16.6. The number of rotatable bonds is 14. The van der Waals surface area contributed by atoms with Crippen molar-refractivity contribution in [2.75, 3.05) is 9.80 Å². The normalized spacial score (nSPS) is 11.9. The maximum Gasteiger partial charge on any atom is 0.136 e. The first-order valence-corrected chi connectivity index (χ1v) is 37.9. The molecule has 109 heavy (non-hydrogen) atoms. The number of nitrogens with zero attached hydrogens (tertiary/aromatic N) is 4. The number of hydrogen-bond acceptors (Lipinski definition) is 3. The molecule has 19 rings (SSSR count). The largest absolute Gasteiger partial charge is 0.456 e. The third kappa shape index (κ3) is 11.8. The Morgan fingerprint density at radius 1 is 0.229 bits per heavy atom. The first kappa shape index (κ1) is 66.2. The molecule has 5 nitrogen and oxygen atoms in total. The molecule has 3 heterocycles. The van der Waals surface area contributed by atoms with Crippen molar-refractivity contribution in [3.8, 4) is 78.1 Å². The van der Waals surface area contributed by atoms with Gasteiger partial charge in [-0.05, 0) is 164 Å². The van der Waals surface area contributed by atoms with Crippen LogP contribution in [0.3, 0.4) is 0 Å². The summed E-state index contributed by atoms with van der Waals surface area (Å²) >= 11 is 0. The highest BCUT2D eigenvalue weighted by molar-refractivity contribution is 6.18. The maximum atomic E-state index is 6.64. The van der Waals surface area contributed by atoms with Gasteiger partial charge in [0, 0.05) is 88.7 Å². The average molecular weight is 1400 g/mol. The van der Waals surface area contributed by atoms with E-state index in [-0.39, 0.29) is 10.8 Å². The standard InChI is InChI=1S/C104H80N4O/c1-103(2,3)76-60-74(61-77(64-76)104(4,5)6)75-62-82(105(101-85(69-32-12-7-13-33-69)48-29-49-86(101)70-34-14-8-15-35-70)79-58-56-73(57-59-79)84-47-31-54-96-100(84)91-46-23-26-53-95(91)107(96)78-40-20-11-21-41-78)66-83(63-75)106(102-87(71-36-16-9-17-37-71)50-30-51-88(102)72-38-18-10-19-39-72)80-42-28-43-81(65-80)108-94-52-25-22-44-89(94)92-68-99-93(67-97(92)108)90-45-24-27-55-98(90)109-99/h7-68H,1-6H3. The van der Waals surface area contributed by atoms with E-state index in [0.29, 0.717) is 0 Å². The number of anilines is 6. The molecule has 0 aliphatic carbocycles. The van der Waals surface area contributed by atoms with Crippen molar-refractivity contribution in [2.24, 2.45) is 0 Å². The lowest BCUT2D eigenvalue weighted by molar-refractivity contribution is 0.569. The Morgan fingerprint density at radius 3 is 1.19 bits per heavy atom. The molecular formula is C104H80N4O. The molecule has 16 aromatic carbocycles. The van der Waals surface area contributed by atoms with Gasteiger partial charge in [0.15, 0.2) is 0 Å². The van der Waals surface area contributed by atoms with Crippen LogP contribution < -0.4 is 9.80 Å². The number of para-hydroxylation sites is 6. The number of furan rings is 1. The third-order valence-electron chi connectivity index (χ3n) is 21.9. The quantitative estimate of drug-likeness (QED) is 0.109. The van der Waals surface area contributed by atoms with Crippen molar-refractivity contribution in [3.05, 3.63) is 387 Å². The second kappa shape index (κ2) is 26.8. The topological polar surface area (TPSA) is 29.5 Å². The van der Waals surface area contributed by atoms with Gasteiger partial charge >= 0.3 is 0 Å². The van der Waals surface area contributed by atoms with Crippen molar-refractivity contribution < 1.29 is 4.42 Å². The summed E-state index contributed by atoms with van der Waals surface area (Å²) in [6.07, 6.45) is 0. The zero-order chi connectivity index (χ0) is 73.5. The van der Waals surface area contributed by atoms with Crippen molar-refractivity contribution >= 4 is 99.7 Å². The van der Waals surface area contributed by atoms with E-state index in [4.69, 9.17) is 4.42 Å². The minimum Gasteiger partial charge on any atom is -0.456 e. The summed E-state index contributed by atoms with van der Waals surface area (Å²) in [6, 6.07) is 139. The Morgan fingerprint density at radius 2 is 0.642 bits per heavy atom. The van der Waals surface area contributed by atoms with Gasteiger partial charge in [0.05, 0.1) is 33.4 Å². The molecule has 5 heteroatoms. The maximum absolute atomic E-state index is 6.64. The monoisotopic (exact) mass is 1400 g/mol. The molecule has 0 aliphatic rings. The van der Waals surface area contributed by atoms with E-state index in [1.54, 1.807) is 0 Å². The van der Waals surface area contributed by atoms with Crippen LogP contribution in [0, 0.1) is 0 Å². The molecular weight excluding hydrogens is 1320 g/mol. The highest BCUT2D eigenvalue weighted by Crippen LogP contribution is 2.54. The van der Waals surface area contributed by atoms with Crippen LogP contribution in [0.2, 0.25) is 0 Å². The van der Waals surface area contributed by atoms with Crippen molar-refractivity contribution in [3.63, 3.8) is 0 Å². The van der Waals surface area contributed by atoms with Gasteiger partial charge in [0.1, 0.15) is 11.2 Å². The zero-order valence-corrected chi connectivity index (χ0v) is 62.0. The minimum absolute atomic E-state index is 0.181. The summed E-state index contributed by atoms with van der Waals surface area (Å²) in [6.45, 7) is 14.1. The van der Waals surface area contributed by atoms with Crippen LogP contribution >= 0.6 is 0 Å². The first-order valence-electron chi connectivity index (χ1n) is 37.9. The van der Waals surface area contributed by atoms with E-state index in [2.05, 4.69) is 437 Å². The highest BCUT2D eigenvalue weighted by atomic mass is 16.3. The van der Waals surface area contributed by atoms with Crippen LogP contribution in [0.5, 0.6) is 0 Å². The van der Waals surface area contributed by atoms with E-state index in [1.165, 1.54) is 33.0 Å². The predicted molar refractivity (Wildman–Crippen MR) is 462 cm³/mol. The van der Waals surface area contributed by atoms with Crippen molar-refractivity contribution in [1.29, 1.82) is 0 Å². The third-order valence-corrected chi connectivity index (χ3v) is 21.9. The van der Waals surface area contributed by atoms with Crippen LogP contribution in [0.25, 0.3) is 144 Å². The number of aromatic nitrogens is 2. The molecule has 3 aromatic heterocycles. The molecule has 0 saturated heterocycles. The van der Waals surface area contributed by atoms with Gasteiger partial charge in [-0.15, -0.1) is 0 Å². The average Bonchev–Trinajstić information content (AvgIpc) is 1.67. The van der Waals surface area contributed by atoms with Crippen molar-refractivity contribution in [2.45, 2.75) is 52.4 Å². The van der Waals surface area contributed by atoms with Gasteiger partial charge in [-0.3, -0.25) is 0 Å². The molecule has 19 aromatic rings. The van der Waals surface area contributed by atoms with Gasteiger partial charge in [0.2, 0.25) is 0 Å². The minimum atomic E-state index is -0.181. The smallest absolute Gasteiger partial charge is 0.136 e. The van der Waals surface area contributed by atoms with Crippen LogP contribution in [-0.4, -0.2) is 9.13 Å². The second-order valence-electron chi connectivity index (χ2n) is 30.8. The number of fused-ring (bicyclic) bond motifs is 9. The fourth-order valence-electron chi connectivity index (χ4n) is 16.6. The molecule has 0 saturated carbocycles. The van der Waals surface area contributed by atoms with Gasteiger partial charge in [-0.2, -0.15) is 0 Å². The van der Waals surface area contributed by atoms with E-state index in [0.717, 1.165) is 156 Å². The Balaban J connectivity index is 0.930. The zero-order valence-electron chi connectivity index (χ0n) is 62.0. The Labute approximate surface area is 636 Å². The molecule has 0 radical (unpaired) electrons. The molecule has 0 unspecified atom stereocenters. The fraction of sp³-hybridized carbons (Fsp3) is 0.0769. The second-order valence-corrected chi connectivity index (χ2v) is 30.8. The van der Waals surface area contributed by atoms with Gasteiger partial charge in [0.25, 0.3) is 0 Å². The molecule has 0 spiro atoms. The van der Waals surface area contributed by atoms with Gasteiger partial charge in [-0.1, -0.05) is 321 Å². The molecule has 522 valence electrons. The summed E-state index contributed by atoms with van der Waals surface area (Å²) in [4.78, 5) is 5.14. The molecule has 0 amide bonds. The van der Waals surface area contributed by atoms with E-state index in [9.17, 15) is 0 Å². The molecule has 0 atom stereocenters. The Bertz CT molecular complexity index is 6510. The summed E-state index contributed by atoms with van der Waals surface area (Å²) in [5.74, 6) is 0. The lowest BCUT2D eigenvalue weighted by Crippen LogP contribution is -2.17. The van der Waals surface area contributed by atoms with E-state index >= 15 is 0 Å². The van der Waals surface area contributed by atoms with Crippen molar-refractivity contribution in [1.82, 2.24) is 9.13 Å². The first-order chi connectivity index (χ1) is 53.3. The highest BCUT2D eigenvalue weighted by Gasteiger charge is 2.30. The van der Waals surface area contributed by atoms with Gasteiger partial charge < -0.3 is 23.4 Å². The Kier molecular flexibility index (Phi) is 16.3. The van der Waals surface area contributed by atoms with E-state index in [1.807, 2.05) is 0 Å². The molecule has 0 bridgehead atoms. The predicted octanol–water partition coefficient (Wildman–Crippen LogP) is 29.3. The SMILES string of the molecule is CC(C)(C)c1cc(-c2cc(N(c3ccc(-c4cccc5c4c4ccccc4n5-c4ccccc4)cc3)c3c(-c4ccccc4)cccc3-c3ccccc3)cc(N(c3cccc(-n4c5ccccc5c5cc6oc7ccccc7c6cc54)c3)c3c(-c4ccccc4)cccc3-c3ccccc3)c2)cc(C(C)(C)C)c1. The number of hydrogen-bond donors (Lipinski definition) is 0. The number of benzene rings is 16. The van der Waals surface area contributed by atoms with Crippen LogP contribution in [-0.2, 0) is 10.8 Å². The molecule has 0 N–H and O–H groups in total. The lowest BCUT2D eigenvalue weighted by atomic mass is 9.79. The Hall–Kier alpha value is -13.5. The van der Waals surface area contributed by atoms with Gasteiger partial charge in [-0.25, -0.2) is 0 Å². The summed E-state index contributed by atoms with van der Waals surface area (Å²) < 4.78 is 11.5. The van der Waals surface area contributed by atoms with Crippen LogP contribution in [0.1, 0.15) is 52.7 Å². The van der Waals surface area contributed by atoms with E-state index < -0.39 is 0 Å². The summed E-state index contributed by atoms with van der Waals surface area (Å²) in [7, 11) is 0.